The van der Waals surface area contributed by atoms with Gasteiger partial charge in [-0.15, -0.1) is 11.3 Å². The minimum absolute atomic E-state index is 0.248. The third kappa shape index (κ3) is 3.38. The Morgan fingerprint density at radius 1 is 1.44 bits per heavy atom. The maximum Gasteiger partial charge on any atom is 0.240 e. The Bertz CT molecular complexity index is 653. The Morgan fingerprint density at radius 3 is 2.83 bits per heavy atom. The molecule has 0 saturated carbocycles. The van der Waals surface area contributed by atoms with Gasteiger partial charge in [-0.1, -0.05) is 22.0 Å². The van der Waals surface area contributed by atoms with Gasteiger partial charge < -0.3 is 0 Å². The normalized spacial score (nSPS) is 11.7. The van der Waals surface area contributed by atoms with E-state index in [1.165, 1.54) is 11.3 Å². The van der Waals surface area contributed by atoms with Gasteiger partial charge in [-0.2, -0.15) is 0 Å². The van der Waals surface area contributed by atoms with Crippen LogP contribution in [0.2, 0.25) is 0 Å². The first-order valence-electron chi connectivity index (χ1n) is 5.14. The minimum atomic E-state index is -3.47. The van der Waals surface area contributed by atoms with Crippen LogP contribution in [0.4, 0.5) is 0 Å². The second-order valence-corrected chi connectivity index (χ2v) is 7.63. The van der Waals surface area contributed by atoms with E-state index in [4.69, 9.17) is 0 Å². The molecule has 0 fully saturated rings. The standard InChI is InChI=1S/C11H11BrN2O2S2/c1-8-13-6-10(17-8)7-14-18(15,16)11-4-2-3-9(12)5-11/h2-6,14H,7H2,1H3. The van der Waals surface area contributed by atoms with Crippen LogP contribution >= 0.6 is 27.3 Å². The van der Waals surface area contributed by atoms with E-state index in [9.17, 15) is 8.42 Å². The fraction of sp³-hybridized carbons (Fsp3) is 0.182. The lowest BCUT2D eigenvalue weighted by atomic mass is 10.4. The quantitative estimate of drug-likeness (QED) is 0.925. The van der Waals surface area contributed by atoms with E-state index in [1.807, 2.05) is 6.92 Å². The molecule has 7 heteroatoms. The molecule has 96 valence electrons. The molecule has 18 heavy (non-hydrogen) atoms. The highest BCUT2D eigenvalue weighted by atomic mass is 79.9. The number of halogens is 1. The average Bonchev–Trinajstić information content (AvgIpc) is 2.73. The fourth-order valence-corrected chi connectivity index (χ4v) is 3.80. The monoisotopic (exact) mass is 346 g/mol. The van der Waals surface area contributed by atoms with Crippen molar-refractivity contribution in [2.24, 2.45) is 0 Å². The van der Waals surface area contributed by atoms with E-state index < -0.39 is 10.0 Å². The maximum atomic E-state index is 12.0. The van der Waals surface area contributed by atoms with Crippen molar-refractivity contribution >= 4 is 37.3 Å². The molecule has 2 aromatic rings. The van der Waals surface area contributed by atoms with Crippen LogP contribution in [0.25, 0.3) is 0 Å². The molecule has 0 bridgehead atoms. The summed E-state index contributed by atoms with van der Waals surface area (Å²) in [6.45, 7) is 2.15. The summed E-state index contributed by atoms with van der Waals surface area (Å²) in [6.07, 6.45) is 1.68. The highest BCUT2D eigenvalue weighted by Gasteiger charge is 2.14. The lowest BCUT2D eigenvalue weighted by Crippen LogP contribution is -2.22. The molecule has 1 N–H and O–H groups in total. The van der Waals surface area contributed by atoms with Crippen LogP contribution in [-0.4, -0.2) is 13.4 Å². The van der Waals surface area contributed by atoms with Crippen LogP contribution in [-0.2, 0) is 16.6 Å². The van der Waals surface area contributed by atoms with Crippen molar-refractivity contribution in [3.8, 4) is 0 Å². The first-order valence-corrected chi connectivity index (χ1v) is 8.23. The Morgan fingerprint density at radius 2 is 2.22 bits per heavy atom. The van der Waals surface area contributed by atoms with Crippen molar-refractivity contribution < 1.29 is 8.42 Å². The van der Waals surface area contributed by atoms with Crippen LogP contribution in [0.5, 0.6) is 0 Å². The number of sulfonamides is 1. The molecule has 0 spiro atoms. The Hall–Kier alpha value is -0.760. The summed E-state index contributed by atoms with van der Waals surface area (Å²) in [5.74, 6) is 0. The van der Waals surface area contributed by atoms with Gasteiger partial charge in [0, 0.05) is 22.1 Å². The van der Waals surface area contributed by atoms with Gasteiger partial charge in [-0.25, -0.2) is 18.1 Å². The summed E-state index contributed by atoms with van der Waals surface area (Å²) in [5, 5.41) is 0.923. The third-order valence-electron chi connectivity index (χ3n) is 2.21. The molecule has 0 radical (unpaired) electrons. The Balaban J connectivity index is 2.13. The van der Waals surface area contributed by atoms with Gasteiger partial charge in [-0.3, -0.25) is 0 Å². The maximum absolute atomic E-state index is 12.0. The largest absolute Gasteiger partial charge is 0.250 e. The predicted molar refractivity (Wildman–Crippen MR) is 75.0 cm³/mol. The van der Waals surface area contributed by atoms with Crippen LogP contribution in [0.3, 0.4) is 0 Å². The van der Waals surface area contributed by atoms with Gasteiger partial charge in [0.2, 0.25) is 10.0 Å². The number of hydrogen-bond acceptors (Lipinski definition) is 4. The molecule has 0 aliphatic carbocycles. The summed E-state index contributed by atoms with van der Waals surface area (Å²) in [5.41, 5.74) is 0. The highest BCUT2D eigenvalue weighted by Crippen LogP contribution is 2.17. The molecule has 0 saturated heterocycles. The summed E-state index contributed by atoms with van der Waals surface area (Å²) >= 11 is 4.73. The summed E-state index contributed by atoms with van der Waals surface area (Å²) in [6, 6.07) is 6.60. The molecule has 0 aliphatic rings. The number of hydrogen-bond donors (Lipinski definition) is 1. The van der Waals surface area contributed by atoms with Crippen molar-refractivity contribution in [1.29, 1.82) is 0 Å². The molecular weight excluding hydrogens is 336 g/mol. The van der Waals surface area contributed by atoms with Gasteiger partial charge in [0.05, 0.1) is 9.90 Å². The van der Waals surface area contributed by atoms with Crippen molar-refractivity contribution in [2.45, 2.75) is 18.4 Å². The average molecular weight is 347 g/mol. The lowest BCUT2D eigenvalue weighted by molar-refractivity contribution is 0.581. The zero-order valence-electron chi connectivity index (χ0n) is 9.55. The molecule has 4 nitrogen and oxygen atoms in total. The minimum Gasteiger partial charge on any atom is -0.250 e. The number of thiazole rings is 1. The van der Waals surface area contributed by atoms with Crippen LogP contribution in [0.15, 0.2) is 39.8 Å². The van der Waals surface area contributed by atoms with Crippen LogP contribution < -0.4 is 4.72 Å². The first-order chi connectivity index (χ1) is 8.47. The van der Waals surface area contributed by atoms with Gasteiger partial charge in [-0.05, 0) is 25.1 Å². The van der Waals surface area contributed by atoms with Crippen molar-refractivity contribution in [1.82, 2.24) is 9.71 Å². The van der Waals surface area contributed by atoms with Gasteiger partial charge in [0.25, 0.3) is 0 Å². The third-order valence-corrected chi connectivity index (χ3v) is 5.02. The summed E-state index contributed by atoms with van der Waals surface area (Å²) < 4.78 is 27.3. The van der Waals surface area contributed by atoms with Gasteiger partial charge >= 0.3 is 0 Å². The van der Waals surface area contributed by atoms with Gasteiger partial charge in [0.15, 0.2) is 0 Å². The van der Waals surface area contributed by atoms with Crippen molar-refractivity contribution in [3.05, 3.63) is 44.8 Å². The number of nitrogens with one attached hydrogen (secondary N) is 1. The Kier molecular flexibility index (Phi) is 4.16. The molecule has 0 amide bonds. The number of benzene rings is 1. The molecule has 1 aromatic heterocycles. The molecule has 1 heterocycles. The van der Waals surface area contributed by atoms with E-state index in [1.54, 1.807) is 30.5 Å². The summed E-state index contributed by atoms with van der Waals surface area (Å²) in [7, 11) is -3.47. The molecule has 0 atom stereocenters. The molecular formula is C11H11BrN2O2S2. The molecule has 0 aliphatic heterocycles. The predicted octanol–water partition coefficient (Wildman–Crippen LogP) is 2.69. The number of aromatic nitrogens is 1. The zero-order valence-corrected chi connectivity index (χ0v) is 12.8. The fourth-order valence-electron chi connectivity index (χ4n) is 1.37. The molecule has 0 unspecified atom stereocenters. The van der Waals surface area contributed by atoms with Crippen LogP contribution in [0.1, 0.15) is 9.88 Å². The molecule has 1 aromatic carbocycles. The van der Waals surface area contributed by atoms with E-state index >= 15 is 0 Å². The Labute approximate surface area is 118 Å². The summed E-state index contributed by atoms with van der Waals surface area (Å²) in [4.78, 5) is 5.22. The smallest absolute Gasteiger partial charge is 0.240 e. The SMILES string of the molecule is Cc1ncc(CNS(=O)(=O)c2cccc(Br)c2)s1. The lowest BCUT2D eigenvalue weighted by Gasteiger charge is -2.05. The molecule has 2 rings (SSSR count). The van der Waals surface area contributed by atoms with Crippen LogP contribution in [0, 0.1) is 6.92 Å². The number of rotatable bonds is 4. The zero-order chi connectivity index (χ0) is 13.2. The number of nitrogens with zero attached hydrogens (tertiary/aromatic N) is 1. The first kappa shape index (κ1) is 13.7. The van der Waals surface area contributed by atoms with Gasteiger partial charge in [0.1, 0.15) is 0 Å². The van der Waals surface area contributed by atoms with Crippen molar-refractivity contribution in [3.63, 3.8) is 0 Å². The topological polar surface area (TPSA) is 59.1 Å². The van der Waals surface area contributed by atoms with E-state index in [2.05, 4.69) is 25.6 Å². The van der Waals surface area contributed by atoms with E-state index in [0.29, 0.717) is 0 Å². The van der Waals surface area contributed by atoms with E-state index in [0.717, 1.165) is 14.4 Å². The van der Waals surface area contributed by atoms with E-state index in [-0.39, 0.29) is 11.4 Å². The second kappa shape index (κ2) is 5.48. The second-order valence-electron chi connectivity index (χ2n) is 3.63. The van der Waals surface area contributed by atoms with Crippen molar-refractivity contribution in [2.75, 3.05) is 0 Å². The number of aryl methyl sites for hydroxylation is 1. The highest BCUT2D eigenvalue weighted by molar-refractivity contribution is 9.10.